The summed E-state index contributed by atoms with van der Waals surface area (Å²) in [5.74, 6) is 0.197. The Labute approximate surface area is 66.4 Å². The zero-order valence-electron chi connectivity index (χ0n) is 5.97. The largest absolute Gasteiger partial charge is 0.419 e. The van der Waals surface area contributed by atoms with E-state index < -0.39 is 11.7 Å². The maximum Gasteiger partial charge on any atom is 0.419 e. The molecule has 0 aliphatic rings. The van der Waals surface area contributed by atoms with Crippen LogP contribution >= 0.6 is 0 Å². The average molecular weight is 177 g/mol. The van der Waals surface area contributed by atoms with Crippen molar-refractivity contribution in [3.8, 4) is 0 Å². The summed E-state index contributed by atoms with van der Waals surface area (Å²) in [4.78, 5) is 6.82. The van der Waals surface area contributed by atoms with Gasteiger partial charge in [-0.2, -0.15) is 13.2 Å². The normalized spacial score (nSPS) is 11.7. The predicted octanol–water partition coefficient (Wildman–Crippen LogP) is 0.954. The first-order valence-electron chi connectivity index (χ1n) is 3.12. The Morgan fingerprint density at radius 2 is 1.75 bits per heavy atom. The van der Waals surface area contributed by atoms with Gasteiger partial charge in [0.15, 0.2) is 0 Å². The molecule has 1 rings (SSSR count). The molecule has 0 saturated carbocycles. The van der Waals surface area contributed by atoms with Crippen LogP contribution in [0.4, 0.5) is 13.2 Å². The van der Waals surface area contributed by atoms with Crippen LogP contribution in [0.1, 0.15) is 11.4 Å². The van der Waals surface area contributed by atoms with E-state index in [-0.39, 0.29) is 12.4 Å². The molecule has 0 aliphatic heterocycles. The van der Waals surface area contributed by atoms with Gasteiger partial charge in [0.05, 0.1) is 12.1 Å². The van der Waals surface area contributed by atoms with Crippen LogP contribution in [0, 0.1) is 0 Å². The molecular formula is C6H6F3N3. The van der Waals surface area contributed by atoms with Gasteiger partial charge >= 0.3 is 6.18 Å². The molecule has 0 saturated heterocycles. The Morgan fingerprint density at radius 3 is 2.08 bits per heavy atom. The minimum atomic E-state index is -4.38. The lowest BCUT2D eigenvalue weighted by molar-refractivity contribution is -0.138. The van der Waals surface area contributed by atoms with Gasteiger partial charge < -0.3 is 5.73 Å². The van der Waals surface area contributed by atoms with E-state index in [0.29, 0.717) is 0 Å². The third-order valence-electron chi connectivity index (χ3n) is 1.22. The molecule has 0 spiro atoms. The molecule has 12 heavy (non-hydrogen) atoms. The van der Waals surface area contributed by atoms with E-state index in [2.05, 4.69) is 9.97 Å². The fourth-order valence-corrected chi connectivity index (χ4v) is 0.607. The molecule has 0 amide bonds. The summed E-state index contributed by atoms with van der Waals surface area (Å²) < 4.78 is 35.7. The van der Waals surface area contributed by atoms with E-state index in [4.69, 9.17) is 5.73 Å². The van der Waals surface area contributed by atoms with Crippen molar-refractivity contribution in [1.82, 2.24) is 9.97 Å². The summed E-state index contributed by atoms with van der Waals surface area (Å²) in [7, 11) is 0. The number of hydrogen-bond acceptors (Lipinski definition) is 3. The van der Waals surface area contributed by atoms with Gasteiger partial charge in [0.1, 0.15) is 5.82 Å². The van der Waals surface area contributed by atoms with E-state index in [1.165, 1.54) is 0 Å². The first-order chi connectivity index (χ1) is 5.54. The van der Waals surface area contributed by atoms with Crippen LogP contribution in [0.2, 0.25) is 0 Å². The van der Waals surface area contributed by atoms with Crippen molar-refractivity contribution in [3.05, 3.63) is 23.8 Å². The number of alkyl halides is 3. The first-order valence-corrected chi connectivity index (χ1v) is 3.12. The zero-order valence-corrected chi connectivity index (χ0v) is 5.97. The second kappa shape index (κ2) is 3.06. The van der Waals surface area contributed by atoms with Gasteiger partial charge in [-0.25, -0.2) is 9.97 Å². The van der Waals surface area contributed by atoms with Crippen molar-refractivity contribution in [2.75, 3.05) is 0 Å². The minimum Gasteiger partial charge on any atom is -0.324 e. The molecule has 66 valence electrons. The lowest BCUT2D eigenvalue weighted by Gasteiger charge is -2.04. The number of nitrogens with two attached hydrogens (primary N) is 1. The molecule has 0 aromatic carbocycles. The second-order valence-corrected chi connectivity index (χ2v) is 2.09. The molecule has 6 heteroatoms. The number of halogens is 3. The van der Waals surface area contributed by atoms with E-state index in [1.54, 1.807) is 0 Å². The monoisotopic (exact) mass is 177 g/mol. The Hall–Kier alpha value is -1.17. The molecule has 0 unspecified atom stereocenters. The highest BCUT2D eigenvalue weighted by atomic mass is 19.4. The lowest BCUT2D eigenvalue weighted by Crippen LogP contribution is -2.09. The number of rotatable bonds is 1. The van der Waals surface area contributed by atoms with E-state index >= 15 is 0 Å². The molecule has 1 aromatic heterocycles. The first kappa shape index (κ1) is 8.92. The summed E-state index contributed by atoms with van der Waals surface area (Å²) in [5.41, 5.74) is 4.24. The van der Waals surface area contributed by atoms with Gasteiger partial charge in [0.25, 0.3) is 0 Å². The van der Waals surface area contributed by atoms with Crippen LogP contribution in [0.15, 0.2) is 12.4 Å². The second-order valence-electron chi connectivity index (χ2n) is 2.09. The third kappa shape index (κ3) is 1.91. The van der Waals surface area contributed by atoms with Gasteiger partial charge in [-0.1, -0.05) is 0 Å². The fourth-order valence-electron chi connectivity index (χ4n) is 0.607. The van der Waals surface area contributed by atoms with E-state index in [0.717, 1.165) is 12.4 Å². The fraction of sp³-hybridized carbons (Fsp3) is 0.333. The SMILES string of the molecule is NCc1ncc(C(F)(F)F)cn1. The van der Waals surface area contributed by atoms with Crippen molar-refractivity contribution in [2.24, 2.45) is 5.73 Å². The van der Waals surface area contributed by atoms with Crippen LogP contribution in [0.25, 0.3) is 0 Å². The smallest absolute Gasteiger partial charge is 0.324 e. The predicted molar refractivity (Wildman–Crippen MR) is 34.9 cm³/mol. The van der Waals surface area contributed by atoms with Crippen LogP contribution < -0.4 is 5.73 Å². The topological polar surface area (TPSA) is 51.8 Å². The highest BCUT2D eigenvalue weighted by Gasteiger charge is 2.31. The van der Waals surface area contributed by atoms with Gasteiger partial charge in [-0.3, -0.25) is 0 Å². The van der Waals surface area contributed by atoms with Crippen molar-refractivity contribution < 1.29 is 13.2 Å². The zero-order chi connectivity index (χ0) is 9.19. The molecule has 1 aromatic rings. The molecule has 0 radical (unpaired) electrons. The summed E-state index contributed by atoms with van der Waals surface area (Å²) in [6, 6.07) is 0. The maximum absolute atomic E-state index is 11.9. The van der Waals surface area contributed by atoms with Crippen LogP contribution in [0.5, 0.6) is 0 Å². The van der Waals surface area contributed by atoms with Gasteiger partial charge in [-0.15, -0.1) is 0 Å². The van der Waals surface area contributed by atoms with Gasteiger partial charge in [0, 0.05) is 12.4 Å². The molecule has 1 heterocycles. The highest BCUT2D eigenvalue weighted by Crippen LogP contribution is 2.27. The van der Waals surface area contributed by atoms with E-state index in [1.807, 2.05) is 0 Å². The molecule has 0 aliphatic carbocycles. The molecule has 0 bridgehead atoms. The van der Waals surface area contributed by atoms with Crippen molar-refractivity contribution in [1.29, 1.82) is 0 Å². The molecule has 0 fully saturated rings. The molecular weight excluding hydrogens is 171 g/mol. The van der Waals surface area contributed by atoms with Gasteiger partial charge in [0.2, 0.25) is 0 Å². The average Bonchev–Trinajstić information content (AvgIpc) is 2.03. The Bertz CT molecular complexity index is 254. The number of aromatic nitrogens is 2. The van der Waals surface area contributed by atoms with Crippen LogP contribution in [-0.4, -0.2) is 9.97 Å². The third-order valence-corrected chi connectivity index (χ3v) is 1.22. The summed E-state index contributed by atoms with van der Waals surface area (Å²) in [6.45, 7) is 0.0398. The standard InChI is InChI=1S/C6H6F3N3/c7-6(8,9)4-2-11-5(1-10)12-3-4/h2-3H,1,10H2. The van der Waals surface area contributed by atoms with Gasteiger partial charge in [-0.05, 0) is 0 Å². The summed E-state index contributed by atoms with van der Waals surface area (Å²) in [6.07, 6.45) is -2.95. The highest BCUT2D eigenvalue weighted by molar-refractivity contribution is 5.08. The van der Waals surface area contributed by atoms with Crippen LogP contribution in [0.3, 0.4) is 0 Å². The Balaban J connectivity index is 2.93. The minimum absolute atomic E-state index is 0.0398. The van der Waals surface area contributed by atoms with Crippen molar-refractivity contribution >= 4 is 0 Å². The van der Waals surface area contributed by atoms with Crippen molar-refractivity contribution in [3.63, 3.8) is 0 Å². The lowest BCUT2D eigenvalue weighted by atomic mass is 10.3. The molecule has 0 atom stereocenters. The van der Waals surface area contributed by atoms with E-state index in [9.17, 15) is 13.2 Å². The Kier molecular flexibility index (Phi) is 2.27. The summed E-state index contributed by atoms with van der Waals surface area (Å²) in [5, 5.41) is 0. The molecule has 2 N–H and O–H groups in total. The Morgan fingerprint density at radius 1 is 1.25 bits per heavy atom. The number of hydrogen-bond donors (Lipinski definition) is 1. The maximum atomic E-state index is 11.9. The van der Waals surface area contributed by atoms with Crippen molar-refractivity contribution in [2.45, 2.75) is 12.7 Å². The molecule has 3 nitrogen and oxygen atoms in total. The number of nitrogens with zero attached hydrogens (tertiary/aromatic N) is 2. The van der Waals surface area contributed by atoms with Crippen LogP contribution in [-0.2, 0) is 12.7 Å². The quantitative estimate of drug-likeness (QED) is 0.694. The summed E-state index contributed by atoms with van der Waals surface area (Å²) >= 11 is 0.